The molecule has 2 aromatic rings. The van der Waals surface area contributed by atoms with Crippen LogP contribution in [-0.2, 0) is 11.3 Å². The number of carbonyl (C=O) groups is 1. The first-order chi connectivity index (χ1) is 11.6. The van der Waals surface area contributed by atoms with E-state index in [-0.39, 0.29) is 5.97 Å². The van der Waals surface area contributed by atoms with Crippen LogP contribution in [0.4, 0.5) is 5.82 Å². The highest BCUT2D eigenvalue weighted by molar-refractivity contribution is 6.31. The summed E-state index contributed by atoms with van der Waals surface area (Å²) in [7, 11) is 0. The second-order valence-corrected chi connectivity index (χ2v) is 6.85. The van der Waals surface area contributed by atoms with Gasteiger partial charge in [0, 0.05) is 31.0 Å². The van der Waals surface area contributed by atoms with Crippen molar-refractivity contribution >= 4 is 23.4 Å². The largest absolute Gasteiger partial charge is 0.462 e. The molecule has 2 fully saturated rings. The van der Waals surface area contributed by atoms with Crippen LogP contribution in [0, 0.1) is 11.8 Å². The molecule has 1 saturated carbocycles. The van der Waals surface area contributed by atoms with E-state index in [4.69, 9.17) is 16.3 Å². The lowest BCUT2D eigenvalue weighted by atomic mass is 10.2. The van der Waals surface area contributed by atoms with Crippen molar-refractivity contribution in [1.82, 2.24) is 14.8 Å². The Morgan fingerprint density at radius 1 is 1.38 bits per heavy atom. The van der Waals surface area contributed by atoms with Gasteiger partial charge < -0.3 is 9.64 Å². The molecular weight excluding hydrogens is 328 g/mol. The van der Waals surface area contributed by atoms with Crippen molar-refractivity contribution in [1.29, 1.82) is 0 Å². The van der Waals surface area contributed by atoms with E-state index in [1.807, 2.05) is 6.07 Å². The van der Waals surface area contributed by atoms with Gasteiger partial charge in [0.2, 0.25) is 0 Å². The van der Waals surface area contributed by atoms with Crippen LogP contribution in [0.2, 0.25) is 5.02 Å². The van der Waals surface area contributed by atoms with E-state index >= 15 is 0 Å². The number of fused-ring (bicyclic) bond motifs is 1. The van der Waals surface area contributed by atoms with Gasteiger partial charge >= 0.3 is 5.97 Å². The molecule has 0 N–H and O–H groups in total. The van der Waals surface area contributed by atoms with Crippen molar-refractivity contribution in [3.05, 3.63) is 40.8 Å². The van der Waals surface area contributed by atoms with Crippen molar-refractivity contribution in [2.75, 3.05) is 24.6 Å². The third-order valence-corrected chi connectivity index (χ3v) is 5.05. The number of nitrogens with zero attached hydrogens (tertiary/aromatic N) is 4. The van der Waals surface area contributed by atoms with Gasteiger partial charge in [-0.05, 0) is 31.2 Å². The Morgan fingerprint density at radius 3 is 2.88 bits per heavy atom. The summed E-state index contributed by atoms with van der Waals surface area (Å²) >= 11 is 6.42. The third-order valence-electron chi connectivity index (χ3n) is 4.69. The first kappa shape index (κ1) is 15.4. The van der Waals surface area contributed by atoms with Crippen LogP contribution in [-0.4, -0.2) is 40.4 Å². The summed E-state index contributed by atoms with van der Waals surface area (Å²) in [6, 6.07) is 1.93. The molecule has 24 heavy (non-hydrogen) atoms. The van der Waals surface area contributed by atoms with Crippen molar-refractivity contribution in [2.45, 2.75) is 19.9 Å². The van der Waals surface area contributed by atoms with E-state index in [0.717, 1.165) is 36.3 Å². The van der Waals surface area contributed by atoms with E-state index in [0.29, 0.717) is 23.7 Å². The van der Waals surface area contributed by atoms with Crippen LogP contribution in [0.3, 0.4) is 0 Å². The highest BCUT2D eigenvalue weighted by Gasteiger charge is 2.45. The molecule has 2 atom stereocenters. The standard InChI is InChI=1S/C17H19ClN4O2/c1-2-24-17(23)14-6-20-22(10-14)9-13-5-19-16(4-15(13)18)21-7-11-3-12(11)8-21/h4-6,10-12H,2-3,7-9H2,1H3/t11-,12?/m0/s1. The monoisotopic (exact) mass is 346 g/mol. The smallest absolute Gasteiger partial charge is 0.341 e. The average Bonchev–Trinajstić information content (AvgIpc) is 2.98. The van der Waals surface area contributed by atoms with E-state index in [2.05, 4.69) is 15.0 Å². The number of esters is 1. The SMILES string of the molecule is CCOC(=O)c1cnn(Cc2cnc(N3CC4C[C@H]4C3)cc2Cl)c1. The summed E-state index contributed by atoms with van der Waals surface area (Å²) in [5.41, 5.74) is 1.32. The Kier molecular flexibility index (Phi) is 3.92. The van der Waals surface area contributed by atoms with Crippen molar-refractivity contribution in [3.63, 3.8) is 0 Å². The fraction of sp³-hybridized carbons (Fsp3) is 0.471. The molecule has 0 amide bonds. The number of anilines is 1. The number of carbonyl (C=O) groups excluding carboxylic acids is 1. The lowest BCUT2D eigenvalue weighted by molar-refractivity contribution is 0.0526. The zero-order valence-corrected chi connectivity index (χ0v) is 14.2. The lowest BCUT2D eigenvalue weighted by Crippen LogP contribution is -2.22. The van der Waals surface area contributed by atoms with Crippen LogP contribution >= 0.6 is 11.6 Å². The average molecular weight is 347 g/mol. The van der Waals surface area contributed by atoms with Gasteiger partial charge in [0.05, 0.1) is 29.9 Å². The van der Waals surface area contributed by atoms with E-state index in [1.54, 1.807) is 24.0 Å². The molecule has 4 rings (SSSR count). The van der Waals surface area contributed by atoms with E-state index in [9.17, 15) is 4.79 Å². The summed E-state index contributed by atoms with van der Waals surface area (Å²) < 4.78 is 6.63. The zero-order chi connectivity index (χ0) is 16.7. The fourth-order valence-electron chi connectivity index (χ4n) is 3.27. The van der Waals surface area contributed by atoms with Gasteiger partial charge in [0.15, 0.2) is 0 Å². The Balaban J connectivity index is 1.45. The summed E-state index contributed by atoms with van der Waals surface area (Å²) in [4.78, 5) is 18.5. The Labute approximate surface area is 145 Å². The molecule has 0 aromatic carbocycles. The molecule has 1 aliphatic carbocycles. The van der Waals surface area contributed by atoms with Crippen molar-refractivity contribution < 1.29 is 9.53 Å². The first-order valence-electron chi connectivity index (χ1n) is 8.23. The molecule has 1 saturated heterocycles. The van der Waals surface area contributed by atoms with Gasteiger partial charge in [-0.1, -0.05) is 11.6 Å². The van der Waals surface area contributed by atoms with Crippen molar-refractivity contribution in [3.8, 4) is 0 Å². The topological polar surface area (TPSA) is 60.2 Å². The van der Waals surface area contributed by atoms with E-state index < -0.39 is 0 Å². The second kappa shape index (κ2) is 6.09. The summed E-state index contributed by atoms with van der Waals surface area (Å²) in [5, 5.41) is 4.87. The van der Waals surface area contributed by atoms with Gasteiger partial charge in [-0.25, -0.2) is 9.78 Å². The van der Waals surface area contributed by atoms with Gasteiger partial charge in [0.25, 0.3) is 0 Å². The minimum atomic E-state index is -0.365. The Bertz CT molecular complexity index is 766. The minimum absolute atomic E-state index is 0.347. The van der Waals surface area contributed by atoms with Gasteiger partial charge in [0.1, 0.15) is 5.82 Å². The highest BCUT2D eigenvalue weighted by atomic mass is 35.5. The molecule has 126 valence electrons. The fourth-order valence-corrected chi connectivity index (χ4v) is 3.47. The van der Waals surface area contributed by atoms with Crippen LogP contribution in [0.1, 0.15) is 29.3 Å². The van der Waals surface area contributed by atoms with Gasteiger partial charge in [-0.15, -0.1) is 0 Å². The molecule has 2 aliphatic rings. The third kappa shape index (κ3) is 2.98. The Hall–Kier alpha value is -2.08. The number of pyridine rings is 1. The van der Waals surface area contributed by atoms with Crippen LogP contribution in [0.15, 0.2) is 24.7 Å². The Morgan fingerprint density at radius 2 is 2.17 bits per heavy atom. The predicted molar refractivity (Wildman–Crippen MR) is 90.3 cm³/mol. The quantitative estimate of drug-likeness (QED) is 0.779. The van der Waals surface area contributed by atoms with Crippen LogP contribution in [0.25, 0.3) is 0 Å². The highest BCUT2D eigenvalue weighted by Crippen LogP contribution is 2.46. The second-order valence-electron chi connectivity index (χ2n) is 6.44. The van der Waals surface area contributed by atoms with Gasteiger partial charge in [-0.2, -0.15) is 5.10 Å². The number of ether oxygens (including phenoxy) is 1. The molecule has 0 bridgehead atoms. The van der Waals surface area contributed by atoms with Crippen LogP contribution < -0.4 is 4.90 Å². The number of rotatable bonds is 5. The molecule has 2 aromatic heterocycles. The minimum Gasteiger partial charge on any atom is -0.462 e. The van der Waals surface area contributed by atoms with E-state index in [1.165, 1.54) is 12.6 Å². The summed E-state index contributed by atoms with van der Waals surface area (Å²) in [6.45, 7) is 4.78. The number of piperidine rings is 1. The molecule has 1 aliphatic heterocycles. The molecule has 0 radical (unpaired) electrons. The maximum atomic E-state index is 11.7. The normalized spacial score (nSPS) is 21.7. The van der Waals surface area contributed by atoms with Crippen molar-refractivity contribution in [2.24, 2.45) is 11.8 Å². The number of halogens is 1. The summed E-state index contributed by atoms with van der Waals surface area (Å²) in [5.74, 6) is 2.30. The maximum absolute atomic E-state index is 11.7. The maximum Gasteiger partial charge on any atom is 0.341 e. The molecular formula is C17H19ClN4O2. The molecule has 3 heterocycles. The molecule has 0 spiro atoms. The zero-order valence-electron chi connectivity index (χ0n) is 13.5. The van der Waals surface area contributed by atoms with Crippen LogP contribution in [0.5, 0.6) is 0 Å². The molecule has 7 heteroatoms. The number of hydrogen-bond donors (Lipinski definition) is 0. The number of hydrogen-bond acceptors (Lipinski definition) is 5. The first-order valence-corrected chi connectivity index (χ1v) is 8.60. The number of aromatic nitrogens is 3. The predicted octanol–water partition coefficient (Wildman–Crippen LogP) is 2.61. The molecule has 1 unspecified atom stereocenters. The molecule has 6 nitrogen and oxygen atoms in total. The lowest BCUT2D eigenvalue weighted by Gasteiger charge is -2.19. The summed E-state index contributed by atoms with van der Waals surface area (Å²) in [6.07, 6.45) is 6.33. The van der Waals surface area contributed by atoms with Gasteiger partial charge in [-0.3, -0.25) is 4.68 Å².